The zero-order valence-electron chi connectivity index (χ0n) is 30.0. The summed E-state index contributed by atoms with van der Waals surface area (Å²) >= 11 is 8.81. The molecule has 4 aliphatic heterocycles. The molecular formula is C41H44ClN9O2S. The van der Waals surface area contributed by atoms with Crippen LogP contribution in [0.15, 0.2) is 65.9 Å². The molecule has 0 radical (unpaired) electrons. The van der Waals surface area contributed by atoms with Gasteiger partial charge in [-0.2, -0.15) is 10.5 Å². The first kappa shape index (κ1) is 35.3. The lowest BCUT2D eigenvalue weighted by Gasteiger charge is -2.39. The van der Waals surface area contributed by atoms with Gasteiger partial charge in [-0.25, -0.2) is 0 Å². The molecule has 3 saturated heterocycles. The molecule has 2 aromatic heterocycles. The Bertz CT molecular complexity index is 2130. The van der Waals surface area contributed by atoms with E-state index in [0.29, 0.717) is 70.3 Å². The number of ether oxygens (including phenoxy) is 2. The van der Waals surface area contributed by atoms with Gasteiger partial charge in [-0.3, -0.25) is 14.8 Å². The Labute approximate surface area is 324 Å². The molecule has 5 aliphatic rings. The van der Waals surface area contributed by atoms with Crippen LogP contribution < -0.4 is 21.7 Å². The van der Waals surface area contributed by atoms with Gasteiger partial charge >= 0.3 is 0 Å². The van der Waals surface area contributed by atoms with Crippen molar-refractivity contribution < 1.29 is 9.47 Å². The van der Waals surface area contributed by atoms with Crippen LogP contribution in [-0.4, -0.2) is 79.0 Å². The molecule has 4 aromatic rings. The van der Waals surface area contributed by atoms with Gasteiger partial charge in [0.25, 0.3) is 0 Å². The topological polar surface area (TPSA) is 148 Å². The SMILES string of the molecule is N#CCCC(Nc1c(C#N)cnc2c(Cl)cc(N[C@H](/C(N)=C/NC3[C@H]4CN(C5COC5)C[C@@H]34)c3csc4c3CCN(C3COC3)C4)cc12)c1ccccc1. The monoisotopic (exact) mass is 761 g/mol. The fourth-order valence-corrected chi connectivity index (χ4v) is 10.1. The zero-order valence-corrected chi connectivity index (χ0v) is 31.6. The summed E-state index contributed by atoms with van der Waals surface area (Å²) in [6.45, 7) is 7.45. The first-order valence-corrected chi connectivity index (χ1v) is 20.2. The van der Waals surface area contributed by atoms with Crippen LogP contribution in [0.25, 0.3) is 10.9 Å². The van der Waals surface area contributed by atoms with Crippen LogP contribution in [-0.2, 0) is 22.4 Å². The highest BCUT2D eigenvalue weighted by Gasteiger charge is 2.57. The molecule has 13 heteroatoms. The molecule has 5 N–H and O–H groups in total. The highest BCUT2D eigenvalue weighted by molar-refractivity contribution is 7.10. The van der Waals surface area contributed by atoms with Crippen LogP contribution >= 0.6 is 22.9 Å². The zero-order chi connectivity index (χ0) is 36.8. The molecule has 0 bridgehead atoms. The first-order chi connectivity index (χ1) is 26.5. The van der Waals surface area contributed by atoms with E-state index in [-0.39, 0.29) is 12.1 Å². The number of pyridine rings is 1. The van der Waals surface area contributed by atoms with E-state index in [1.165, 1.54) is 16.0 Å². The minimum atomic E-state index is -0.317. The van der Waals surface area contributed by atoms with Crippen LogP contribution in [0.5, 0.6) is 0 Å². The van der Waals surface area contributed by atoms with E-state index in [9.17, 15) is 10.5 Å². The number of rotatable bonds is 13. The molecule has 6 heterocycles. The van der Waals surface area contributed by atoms with E-state index in [0.717, 1.165) is 75.7 Å². The van der Waals surface area contributed by atoms with Crippen LogP contribution in [0.2, 0.25) is 5.02 Å². The number of anilines is 2. The fraction of sp³-hybridized carbons (Fsp3) is 0.439. The van der Waals surface area contributed by atoms with Gasteiger partial charge in [0.1, 0.15) is 6.07 Å². The standard InChI is InChI=1S/C41H44ClN9O2S/c42-34-12-26(11-30-38(25(13-44)14-46-40(30)34)49-36(7-4-9-43)24-5-2-1-3-6-24)48-41(33-23-54-37-18-50(10-8-29(33)37)27-19-52-20-27)35(45)15-47-39-31-16-51(17-32(31)39)28-21-53-22-28/h1-3,5-6,11-12,14-15,23,27-28,31-32,36,39,41,47-48H,4,7-8,10,16-22,45H2,(H,46,49)/b35-15-/t31-,32+,36?,39?,41-/m0/s1. The number of nitrogens with two attached hydrogens (primary N) is 1. The number of thiophene rings is 1. The molecule has 278 valence electrons. The number of nitriles is 2. The summed E-state index contributed by atoms with van der Waals surface area (Å²) in [5, 5.41) is 34.3. The average Bonchev–Trinajstić information content (AvgIpc) is 3.41. The summed E-state index contributed by atoms with van der Waals surface area (Å²) in [5.74, 6) is 1.27. The van der Waals surface area contributed by atoms with Crippen molar-refractivity contribution >= 4 is 45.2 Å². The number of likely N-dealkylation sites (tertiary alicyclic amines) is 1. The molecule has 1 aliphatic carbocycles. The number of nitrogens with zero attached hydrogens (tertiary/aromatic N) is 5. The lowest BCUT2D eigenvalue weighted by Crippen LogP contribution is -2.50. The number of aromatic nitrogens is 1. The summed E-state index contributed by atoms with van der Waals surface area (Å²) in [6, 6.07) is 19.5. The summed E-state index contributed by atoms with van der Waals surface area (Å²) < 4.78 is 10.9. The van der Waals surface area contributed by atoms with E-state index in [1.54, 1.807) is 17.5 Å². The van der Waals surface area contributed by atoms with Crippen molar-refractivity contribution in [2.45, 2.75) is 56.0 Å². The minimum absolute atomic E-state index is 0.198. The smallest absolute Gasteiger partial charge is 0.103 e. The van der Waals surface area contributed by atoms with E-state index in [2.05, 4.69) is 48.3 Å². The van der Waals surface area contributed by atoms with E-state index >= 15 is 0 Å². The van der Waals surface area contributed by atoms with Crippen molar-refractivity contribution in [2.75, 3.05) is 56.7 Å². The lowest BCUT2D eigenvalue weighted by atomic mass is 9.95. The largest absolute Gasteiger partial charge is 0.399 e. The summed E-state index contributed by atoms with van der Waals surface area (Å²) in [4.78, 5) is 11.1. The lowest BCUT2D eigenvalue weighted by molar-refractivity contribution is -0.0691. The van der Waals surface area contributed by atoms with Crippen molar-refractivity contribution in [3.63, 3.8) is 0 Å². The Morgan fingerprint density at radius 2 is 1.81 bits per heavy atom. The second-order valence-corrected chi connectivity index (χ2v) is 16.6. The second kappa shape index (κ2) is 15.0. The van der Waals surface area contributed by atoms with E-state index < -0.39 is 0 Å². The maximum atomic E-state index is 10.3. The highest BCUT2D eigenvalue weighted by Crippen LogP contribution is 2.47. The van der Waals surface area contributed by atoms with Crippen molar-refractivity contribution in [1.29, 1.82) is 10.5 Å². The highest BCUT2D eigenvalue weighted by atomic mass is 35.5. The van der Waals surface area contributed by atoms with Crippen molar-refractivity contribution in [1.82, 2.24) is 20.1 Å². The molecular weight excluding hydrogens is 718 g/mol. The third-order valence-electron chi connectivity index (χ3n) is 12.0. The van der Waals surface area contributed by atoms with E-state index in [1.807, 2.05) is 48.7 Å². The second-order valence-electron chi connectivity index (χ2n) is 15.2. The Morgan fingerprint density at radius 1 is 1.06 bits per heavy atom. The van der Waals surface area contributed by atoms with Crippen molar-refractivity contribution in [3.8, 4) is 12.1 Å². The summed E-state index contributed by atoms with van der Waals surface area (Å²) in [5.41, 5.74) is 13.8. The first-order valence-electron chi connectivity index (χ1n) is 18.9. The van der Waals surface area contributed by atoms with Gasteiger partial charge < -0.3 is 31.2 Å². The molecule has 54 heavy (non-hydrogen) atoms. The molecule has 9 rings (SSSR count). The number of benzene rings is 2. The Hall–Kier alpha value is -4.40. The van der Waals surface area contributed by atoms with Crippen LogP contribution in [0.3, 0.4) is 0 Å². The van der Waals surface area contributed by atoms with E-state index in [4.69, 9.17) is 26.8 Å². The van der Waals surface area contributed by atoms with Gasteiger partial charge in [-0.1, -0.05) is 41.9 Å². The Kier molecular flexibility index (Phi) is 9.83. The van der Waals surface area contributed by atoms with Gasteiger partial charge in [-0.05, 0) is 58.9 Å². The van der Waals surface area contributed by atoms with Crippen LogP contribution in [0.4, 0.5) is 11.4 Å². The fourth-order valence-electron chi connectivity index (χ4n) is 8.66. The van der Waals surface area contributed by atoms with Gasteiger partial charge in [0.05, 0.1) is 84.2 Å². The predicted octanol–water partition coefficient (Wildman–Crippen LogP) is 5.91. The van der Waals surface area contributed by atoms with Gasteiger partial charge in [-0.15, -0.1) is 11.3 Å². The average molecular weight is 762 g/mol. The number of halogens is 1. The van der Waals surface area contributed by atoms with Crippen LogP contribution in [0.1, 0.15) is 52.1 Å². The molecule has 11 nitrogen and oxygen atoms in total. The van der Waals surface area contributed by atoms with Gasteiger partial charge in [0.15, 0.2) is 0 Å². The maximum absolute atomic E-state index is 10.3. The Balaban J connectivity index is 1.03. The molecule has 4 fully saturated rings. The third-order valence-corrected chi connectivity index (χ3v) is 13.3. The number of fused-ring (bicyclic) bond motifs is 3. The number of nitrogens with one attached hydrogen (secondary N) is 3. The molecule has 2 aromatic carbocycles. The quantitative estimate of drug-likeness (QED) is 0.129. The molecule has 1 saturated carbocycles. The minimum Gasteiger partial charge on any atom is -0.399 e. The number of hydrogen-bond donors (Lipinski definition) is 4. The number of hydrogen-bond acceptors (Lipinski definition) is 12. The summed E-state index contributed by atoms with van der Waals surface area (Å²) in [6.07, 6.45) is 5.46. The summed E-state index contributed by atoms with van der Waals surface area (Å²) in [7, 11) is 0. The maximum Gasteiger partial charge on any atom is 0.103 e. The normalized spacial score (nSPS) is 24.0. The Morgan fingerprint density at radius 3 is 2.52 bits per heavy atom. The molecule has 5 atom stereocenters. The number of piperidine rings is 1. The predicted molar refractivity (Wildman–Crippen MR) is 211 cm³/mol. The molecule has 0 spiro atoms. The molecule has 0 amide bonds. The third kappa shape index (κ3) is 6.77. The van der Waals surface area contributed by atoms with Gasteiger partial charge in [0.2, 0.25) is 0 Å². The van der Waals surface area contributed by atoms with Crippen LogP contribution in [0, 0.1) is 34.5 Å². The van der Waals surface area contributed by atoms with Gasteiger partial charge in [0, 0.05) is 67.0 Å². The van der Waals surface area contributed by atoms with Crippen molar-refractivity contribution in [2.24, 2.45) is 17.6 Å². The molecule has 2 unspecified atom stereocenters. The van der Waals surface area contributed by atoms with Crippen molar-refractivity contribution in [3.05, 3.63) is 98.1 Å².